The number of aromatic nitrogens is 1. The number of hydrogen-bond acceptors (Lipinski definition) is 8. The van der Waals surface area contributed by atoms with E-state index in [1.54, 1.807) is 30.3 Å². The molecular formula is C27H29N5O4S2. The van der Waals surface area contributed by atoms with Crippen LogP contribution in [-0.4, -0.2) is 71.2 Å². The summed E-state index contributed by atoms with van der Waals surface area (Å²) in [5, 5.41) is 6.70. The number of nitrogens with one attached hydrogen (secondary N) is 2. The highest BCUT2D eigenvalue weighted by Crippen LogP contribution is 2.32. The predicted molar refractivity (Wildman–Crippen MR) is 153 cm³/mol. The zero-order valence-electron chi connectivity index (χ0n) is 21.2. The second-order valence-corrected chi connectivity index (χ2v) is 11.7. The molecule has 0 saturated carbocycles. The van der Waals surface area contributed by atoms with Gasteiger partial charge in [0.2, 0.25) is 5.91 Å². The highest BCUT2D eigenvalue weighted by atomic mass is 32.2. The Balaban J connectivity index is 1.33. The lowest BCUT2D eigenvalue weighted by molar-refractivity contribution is -0.118. The van der Waals surface area contributed by atoms with E-state index in [0.29, 0.717) is 41.7 Å². The number of carbonyl (C=O) groups is 1. The molecule has 0 spiro atoms. The standard InChI is InChI=1S/C27H29N5O4S2/c1-31(2)24-10-4-9-22-21(24)8-5-11-25(22)38(34,35)30-20-7-3-6-19(16-20)23-18-37-27(28-23)29-26(33)17-32-12-14-36-15-13-32/h3-11,16,18,30H,12-15,17H2,1-2H3,(H,28,29,33). The molecule has 2 N–H and O–H groups in total. The number of carbonyl (C=O) groups excluding carboxylic acids is 1. The summed E-state index contributed by atoms with van der Waals surface area (Å²) in [4.78, 5) is 21.2. The minimum atomic E-state index is -3.86. The quantitative estimate of drug-likeness (QED) is 0.340. The van der Waals surface area contributed by atoms with Gasteiger partial charge in [0, 0.05) is 60.3 Å². The van der Waals surface area contributed by atoms with Crippen molar-refractivity contribution in [2.45, 2.75) is 4.90 Å². The van der Waals surface area contributed by atoms with Gasteiger partial charge in [-0.3, -0.25) is 14.4 Å². The summed E-state index contributed by atoms with van der Waals surface area (Å²) in [7, 11) is -0.00367. The second kappa shape index (κ2) is 11.1. The van der Waals surface area contributed by atoms with E-state index in [0.717, 1.165) is 29.7 Å². The number of fused-ring (bicyclic) bond motifs is 1. The number of rotatable bonds is 8. The molecule has 1 aliphatic rings. The number of thiazole rings is 1. The summed E-state index contributed by atoms with van der Waals surface area (Å²) in [6.45, 7) is 3.02. The molecule has 4 aromatic rings. The zero-order chi connectivity index (χ0) is 26.7. The van der Waals surface area contributed by atoms with E-state index in [4.69, 9.17) is 4.74 Å². The third-order valence-corrected chi connectivity index (χ3v) is 8.46. The Morgan fingerprint density at radius 1 is 1.05 bits per heavy atom. The van der Waals surface area contributed by atoms with E-state index in [-0.39, 0.29) is 10.8 Å². The molecule has 1 amide bonds. The minimum absolute atomic E-state index is 0.123. The van der Waals surface area contributed by atoms with E-state index in [1.165, 1.54) is 11.3 Å². The molecule has 0 aliphatic carbocycles. The van der Waals surface area contributed by atoms with Crippen LogP contribution in [0.5, 0.6) is 0 Å². The maximum atomic E-state index is 13.4. The van der Waals surface area contributed by atoms with Crippen molar-refractivity contribution in [1.82, 2.24) is 9.88 Å². The van der Waals surface area contributed by atoms with Crippen molar-refractivity contribution in [3.63, 3.8) is 0 Å². The molecule has 1 aliphatic heterocycles. The first kappa shape index (κ1) is 26.1. The average molecular weight is 552 g/mol. The van der Waals surface area contributed by atoms with E-state index in [1.807, 2.05) is 59.6 Å². The van der Waals surface area contributed by atoms with Crippen LogP contribution in [0.2, 0.25) is 0 Å². The number of benzene rings is 3. The van der Waals surface area contributed by atoms with Crippen LogP contribution >= 0.6 is 11.3 Å². The highest BCUT2D eigenvalue weighted by Gasteiger charge is 2.20. The molecule has 2 heterocycles. The number of amides is 1. The SMILES string of the molecule is CN(C)c1cccc2c(S(=O)(=O)Nc3cccc(-c4csc(NC(=O)CN5CCOCC5)n4)c3)cccc12. The summed E-state index contributed by atoms with van der Waals surface area (Å²) in [5.74, 6) is -0.123. The van der Waals surface area contributed by atoms with Gasteiger partial charge < -0.3 is 15.0 Å². The van der Waals surface area contributed by atoms with Crippen LogP contribution in [0.1, 0.15) is 0 Å². The van der Waals surface area contributed by atoms with Crippen molar-refractivity contribution in [1.29, 1.82) is 0 Å². The second-order valence-electron chi connectivity index (χ2n) is 9.18. The first-order valence-electron chi connectivity index (χ1n) is 12.2. The van der Waals surface area contributed by atoms with Gasteiger partial charge >= 0.3 is 0 Å². The maximum Gasteiger partial charge on any atom is 0.262 e. The molecular weight excluding hydrogens is 522 g/mol. The zero-order valence-corrected chi connectivity index (χ0v) is 22.8. The molecule has 1 saturated heterocycles. The van der Waals surface area contributed by atoms with Gasteiger partial charge in [-0.25, -0.2) is 13.4 Å². The van der Waals surface area contributed by atoms with Crippen LogP contribution in [0.3, 0.4) is 0 Å². The molecule has 198 valence electrons. The molecule has 5 rings (SSSR count). The van der Waals surface area contributed by atoms with Crippen molar-refractivity contribution < 1.29 is 17.9 Å². The third kappa shape index (κ3) is 5.81. The van der Waals surface area contributed by atoms with Gasteiger partial charge in [0.1, 0.15) is 0 Å². The first-order valence-corrected chi connectivity index (χ1v) is 14.5. The average Bonchev–Trinajstić information content (AvgIpc) is 3.36. The van der Waals surface area contributed by atoms with Crippen molar-refractivity contribution in [2.75, 3.05) is 61.9 Å². The maximum absolute atomic E-state index is 13.4. The Hall–Kier alpha value is -3.51. The van der Waals surface area contributed by atoms with Gasteiger partial charge in [-0.2, -0.15) is 0 Å². The molecule has 0 bridgehead atoms. The fourth-order valence-corrected chi connectivity index (χ4v) is 6.43. The minimum Gasteiger partial charge on any atom is -0.379 e. The number of ether oxygens (including phenoxy) is 1. The topological polar surface area (TPSA) is 104 Å². The Morgan fingerprint density at radius 2 is 1.79 bits per heavy atom. The lowest BCUT2D eigenvalue weighted by Gasteiger charge is -2.25. The van der Waals surface area contributed by atoms with Crippen LogP contribution in [0.4, 0.5) is 16.5 Å². The van der Waals surface area contributed by atoms with Crippen LogP contribution < -0.4 is 14.9 Å². The predicted octanol–water partition coefficient (Wildman–Crippen LogP) is 4.10. The van der Waals surface area contributed by atoms with Gasteiger partial charge in [-0.15, -0.1) is 11.3 Å². The normalized spacial score (nSPS) is 14.4. The summed E-state index contributed by atoms with van der Waals surface area (Å²) < 4.78 is 34.9. The fourth-order valence-electron chi connectivity index (χ4n) is 4.43. The van der Waals surface area contributed by atoms with Crippen molar-refractivity contribution >= 4 is 54.5 Å². The van der Waals surface area contributed by atoms with Crippen LogP contribution in [0.25, 0.3) is 22.0 Å². The summed E-state index contributed by atoms with van der Waals surface area (Å²) >= 11 is 1.33. The molecule has 0 atom stereocenters. The lowest BCUT2D eigenvalue weighted by Crippen LogP contribution is -2.41. The monoisotopic (exact) mass is 551 g/mol. The smallest absolute Gasteiger partial charge is 0.262 e. The molecule has 1 aromatic heterocycles. The lowest BCUT2D eigenvalue weighted by atomic mass is 10.1. The van der Waals surface area contributed by atoms with E-state index >= 15 is 0 Å². The molecule has 1 fully saturated rings. The van der Waals surface area contributed by atoms with Gasteiger partial charge in [-0.05, 0) is 24.3 Å². The van der Waals surface area contributed by atoms with Crippen molar-refractivity contribution in [3.05, 3.63) is 66.0 Å². The van der Waals surface area contributed by atoms with Crippen LogP contribution in [0.15, 0.2) is 70.9 Å². The number of hydrogen-bond donors (Lipinski definition) is 2. The number of nitrogens with zero attached hydrogens (tertiary/aromatic N) is 3. The molecule has 9 nitrogen and oxygen atoms in total. The Morgan fingerprint density at radius 3 is 2.58 bits per heavy atom. The Labute approximate surface area is 226 Å². The third-order valence-electron chi connectivity index (χ3n) is 6.26. The number of sulfonamides is 1. The van der Waals surface area contributed by atoms with Gasteiger partial charge in [-0.1, -0.05) is 36.4 Å². The Kier molecular flexibility index (Phi) is 7.61. The van der Waals surface area contributed by atoms with Crippen LogP contribution in [0, 0.1) is 0 Å². The van der Waals surface area contributed by atoms with E-state index in [9.17, 15) is 13.2 Å². The Bertz CT molecular complexity index is 1560. The first-order chi connectivity index (χ1) is 18.3. The van der Waals surface area contributed by atoms with Crippen molar-refractivity contribution in [3.8, 4) is 11.3 Å². The number of morpholine rings is 1. The van der Waals surface area contributed by atoms with Crippen LogP contribution in [-0.2, 0) is 19.6 Å². The van der Waals surface area contributed by atoms with Gasteiger partial charge in [0.25, 0.3) is 10.0 Å². The molecule has 11 heteroatoms. The molecule has 3 aromatic carbocycles. The summed E-state index contributed by atoms with van der Waals surface area (Å²) in [6, 6.07) is 18.0. The largest absolute Gasteiger partial charge is 0.379 e. The highest BCUT2D eigenvalue weighted by molar-refractivity contribution is 7.93. The fraction of sp³-hybridized carbons (Fsp3) is 0.259. The van der Waals surface area contributed by atoms with Gasteiger partial charge in [0.15, 0.2) is 5.13 Å². The molecule has 0 unspecified atom stereocenters. The van der Waals surface area contributed by atoms with Crippen molar-refractivity contribution in [2.24, 2.45) is 0 Å². The molecule has 0 radical (unpaired) electrons. The van der Waals surface area contributed by atoms with Gasteiger partial charge in [0.05, 0.1) is 30.3 Å². The molecule has 38 heavy (non-hydrogen) atoms. The summed E-state index contributed by atoms with van der Waals surface area (Å²) in [6.07, 6.45) is 0. The summed E-state index contributed by atoms with van der Waals surface area (Å²) in [5.41, 5.74) is 2.76. The van der Waals surface area contributed by atoms with E-state index in [2.05, 4.69) is 15.0 Å². The number of anilines is 3. The van der Waals surface area contributed by atoms with E-state index < -0.39 is 10.0 Å².